The van der Waals surface area contributed by atoms with E-state index < -0.39 is 15.9 Å². The SMILES string of the molecule is Cc1ccc(S(=O)(=O)NC(CN)C2CCCC2)cc1C(N)=O.Cl. The molecule has 6 nitrogen and oxygen atoms in total. The Morgan fingerprint density at radius 3 is 2.48 bits per heavy atom. The molecule has 0 heterocycles. The third-order valence-electron chi connectivity index (χ3n) is 4.31. The van der Waals surface area contributed by atoms with E-state index in [1.54, 1.807) is 13.0 Å². The lowest BCUT2D eigenvalue weighted by Gasteiger charge is -2.23. The third-order valence-corrected chi connectivity index (χ3v) is 5.80. The summed E-state index contributed by atoms with van der Waals surface area (Å²) in [5.41, 5.74) is 11.9. The Labute approximate surface area is 143 Å². The van der Waals surface area contributed by atoms with Gasteiger partial charge in [0, 0.05) is 18.2 Å². The van der Waals surface area contributed by atoms with Crippen LogP contribution in [0.2, 0.25) is 0 Å². The van der Waals surface area contributed by atoms with E-state index in [0.29, 0.717) is 5.56 Å². The zero-order valence-corrected chi connectivity index (χ0v) is 14.8. The summed E-state index contributed by atoms with van der Waals surface area (Å²) in [7, 11) is -3.72. The molecule has 1 fully saturated rings. The van der Waals surface area contributed by atoms with Crippen LogP contribution in [0, 0.1) is 12.8 Å². The van der Waals surface area contributed by atoms with E-state index in [-0.39, 0.29) is 41.4 Å². The number of hydrogen-bond donors (Lipinski definition) is 3. The maximum Gasteiger partial charge on any atom is 0.249 e. The number of nitrogens with one attached hydrogen (secondary N) is 1. The van der Waals surface area contributed by atoms with Gasteiger partial charge in [-0.25, -0.2) is 13.1 Å². The van der Waals surface area contributed by atoms with Gasteiger partial charge in [0.15, 0.2) is 0 Å². The van der Waals surface area contributed by atoms with Crippen LogP contribution in [0.15, 0.2) is 23.1 Å². The van der Waals surface area contributed by atoms with Gasteiger partial charge in [0.05, 0.1) is 4.90 Å². The summed E-state index contributed by atoms with van der Waals surface area (Å²) in [6.07, 6.45) is 4.20. The average molecular weight is 362 g/mol. The van der Waals surface area contributed by atoms with E-state index in [2.05, 4.69) is 4.72 Å². The molecule has 1 saturated carbocycles. The zero-order valence-electron chi connectivity index (χ0n) is 13.1. The van der Waals surface area contributed by atoms with E-state index in [4.69, 9.17) is 11.5 Å². The number of rotatable bonds is 6. The van der Waals surface area contributed by atoms with Crippen molar-refractivity contribution in [1.29, 1.82) is 0 Å². The van der Waals surface area contributed by atoms with Gasteiger partial charge in [-0.1, -0.05) is 18.9 Å². The standard InChI is InChI=1S/C15H23N3O3S.ClH/c1-10-6-7-12(8-13(10)15(17)19)22(20,21)18-14(9-16)11-4-2-3-5-11;/h6-8,11,14,18H,2-5,9,16H2,1H3,(H2,17,19);1H. The molecule has 1 aliphatic carbocycles. The van der Waals surface area contributed by atoms with Crippen molar-refractivity contribution < 1.29 is 13.2 Å². The second-order valence-corrected chi connectivity index (χ2v) is 7.56. The lowest BCUT2D eigenvalue weighted by molar-refractivity contribution is 0.0999. The molecular formula is C15H24ClN3O3S. The highest BCUT2D eigenvalue weighted by Crippen LogP contribution is 2.28. The molecule has 2 rings (SSSR count). The third kappa shape index (κ3) is 4.67. The largest absolute Gasteiger partial charge is 0.366 e. The van der Waals surface area contributed by atoms with Gasteiger partial charge in [-0.15, -0.1) is 12.4 Å². The molecule has 130 valence electrons. The van der Waals surface area contributed by atoms with Crippen LogP contribution in [-0.4, -0.2) is 26.9 Å². The van der Waals surface area contributed by atoms with Crippen molar-refractivity contribution in [3.05, 3.63) is 29.3 Å². The van der Waals surface area contributed by atoms with Crippen LogP contribution in [0.25, 0.3) is 0 Å². The highest BCUT2D eigenvalue weighted by Gasteiger charge is 2.28. The first-order valence-corrected chi connectivity index (χ1v) is 8.96. The molecular weight excluding hydrogens is 338 g/mol. The fraction of sp³-hybridized carbons (Fsp3) is 0.533. The molecule has 0 bridgehead atoms. The van der Waals surface area contributed by atoms with Crippen LogP contribution < -0.4 is 16.2 Å². The maximum absolute atomic E-state index is 12.5. The molecule has 1 aromatic carbocycles. The molecule has 0 radical (unpaired) electrons. The van der Waals surface area contributed by atoms with Crippen LogP contribution in [-0.2, 0) is 10.0 Å². The summed E-state index contributed by atoms with van der Waals surface area (Å²) < 4.78 is 27.7. The number of primary amides is 1. The number of halogens is 1. The topological polar surface area (TPSA) is 115 Å². The van der Waals surface area contributed by atoms with Crippen molar-refractivity contribution in [1.82, 2.24) is 4.72 Å². The summed E-state index contributed by atoms with van der Waals surface area (Å²) in [5, 5.41) is 0. The average Bonchev–Trinajstić information content (AvgIpc) is 2.98. The quantitative estimate of drug-likeness (QED) is 0.708. The van der Waals surface area contributed by atoms with Crippen molar-refractivity contribution >= 4 is 28.3 Å². The Balaban J connectivity index is 0.00000264. The predicted octanol–water partition coefficient (Wildman–Crippen LogP) is 1.31. The molecule has 8 heteroatoms. The zero-order chi connectivity index (χ0) is 16.3. The van der Waals surface area contributed by atoms with Gasteiger partial charge in [-0.2, -0.15) is 0 Å². The Bertz CT molecular complexity index is 658. The van der Waals surface area contributed by atoms with Gasteiger partial charge in [0.2, 0.25) is 15.9 Å². The highest BCUT2D eigenvalue weighted by atomic mass is 35.5. The van der Waals surface area contributed by atoms with Gasteiger partial charge >= 0.3 is 0 Å². The van der Waals surface area contributed by atoms with E-state index in [9.17, 15) is 13.2 Å². The Morgan fingerprint density at radius 2 is 1.96 bits per heavy atom. The molecule has 1 amide bonds. The number of sulfonamides is 1. The van der Waals surface area contributed by atoms with E-state index in [0.717, 1.165) is 25.7 Å². The van der Waals surface area contributed by atoms with E-state index in [1.165, 1.54) is 12.1 Å². The summed E-state index contributed by atoms with van der Waals surface area (Å²) in [6.45, 7) is 1.98. The fourth-order valence-corrected chi connectivity index (χ4v) is 4.34. The number of benzene rings is 1. The number of hydrogen-bond acceptors (Lipinski definition) is 4. The Morgan fingerprint density at radius 1 is 1.35 bits per heavy atom. The molecule has 0 aliphatic heterocycles. The van der Waals surface area contributed by atoms with E-state index >= 15 is 0 Å². The van der Waals surface area contributed by atoms with Gasteiger partial charge in [-0.3, -0.25) is 4.79 Å². The molecule has 5 N–H and O–H groups in total. The number of carbonyl (C=O) groups excluding carboxylic acids is 1. The van der Waals surface area contributed by atoms with Crippen molar-refractivity contribution in [3.8, 4) is 0 Å². The van der Waals surface area contributed by atoms with Crippen LogP contribution in [0.5, 0.6) is 0 Å². The number of carbonyl (C=O) groups is 1. The number of amides is 1. The lowest BCUT2D eigenvalue weighted by atomic mass is 9.99. The monoisotopic (exact) mass is 361 g/mol. The van der Waals surface area contributed by atoms with Gasteiger partial charge in [0.1, 0.15) is 0 Å². The van der Waals surface area contributed by atoms with Crippen molar-refractivity contribution in [2.75, 3.05) is 6.54 Å². The summed E-state index contributed by atoms with van der Waals surface area (Å²) in [5.74, 6) is -0.360. The van der Waals surface area contributed by atoms with Crippen LogP contribution in [0.1, 0.15) is 41.6 Å². The van der Waals surface area contributed by atoms with Gasteiger partial charge < -0.3 is 11.5 Å². The smallest absolute Gasteiger partial charge is 0.249 e. The minimum atomic E-state index is -3.72. The van der Waals surface area contributed by atoms with Gasteiger partial charge in [-0.05, 0) is 43.4 Å². The second-order valence-electron chi connectivity index (χ2n) is 5.85. The second kappa shape index (κ2) is 8.10. The minimum absolute atomic E-state index is 0. The molecule has 0 saturated heterocycles. The van der Waals surface area contributed by atoms with Crippen LogP contribution in [0.4, 0.5) is 0 Å². The first kappa shape index (κ1) is 19.9. The van der Waals surface area contributed by atoms with Crippen molar-refractivity contribution in [3.63, 3.8) is 0 Å². The van der Waals surface area contributed by atoms with Crippen LogP contribution in [0.3, 0.4) is 0 Å². The molecule has 23 heavy (non-hydrogen) atoms. The van der Waals surface area contributed by atoms with E-state index in [1.807, 2.05) is 0 Å². The number of aryl methyl sites for hydroxylation is 1. The highest BCUT2D eigenvalue weighted by molar-refractivity contribution is 7.89. The first-order chi connectivity index (χ1) is 10.3. The maximum atomic E-state index is 12.5. The van der Waals surface area contributed by atoms with Crippen molar-refractivity contribution in [2.24, 2.45) is 17.4 Å². The molecule has 0 spiro atoms. The normalized spacial score (nSPS) is 16.8. The Kier molecular flexibility index (Phi) is 7.01. The molecule has 0 aromatic heterocycles. The summed E-state index contributed by atoms with van der Waals surface area (Å²) >= 11 is 0. The predicted molar refractivity (Wildman–Crippen MR) is 92.1 cm³/mol. The molecule has 1 unspecified atom stereocenters. The minimum Gasteiger partial charge on any atom is -0.366 e. The van der Waals surface area contributed by atoms with Crippen LogP contribution >= 0.6 is 12.4 Å². The molecule has 1 atom stereocenters. The number of nitrogens with two attached hydrogens (primary N) is 2. The molecule has 1 aromatic rings. The summed E-state index contributed by atoms with van der Waals surface area (Å²) in [6, 6.07) is 4.11. The Hall–Kier alpha value is -1.15. The van der Waals surface area contributed by atoms with Gasteiger partial charge in [0.25, 0.3) is 0 Å². The molecule has 1 aliphatic rings. The first-order valence-electron chi connectivity index (χ1n) is 7.48. The lowest BCUT2D eigenvalue weighted by Crippen LogP contribution is -2.44. The summed E-state index contributed by atoms with van der Waals surface area (Å²) in [4.78, 5) is 11.4. The van der Waals surface area contributed by atoms with Crippen molar-refractivity contribution in [2.45, 2.75) is 43.5 Å². The fourth-order valence-electron chi connectivity index (χ4n) is 3.00.